The maximum atomic E-state index is 5.92. The third kappa shape index (κ3) is 3.10. The lowest BCUT2D eigenvalue weighted by Gasteiger charge is -2.20. The van der Waals surface area contributed by atoms with Crippen LogP contribution in [-0.2, 0) is 15.9 Å². The molecule has 3 nitrogen and oxygen atoms in total. The smallest absolute Gasteiger partial charge is 0.172 e. The number of hydrogen-bond donors (Lipinski definition) is 1. The van der Waals surface area contributed by atoms with Crippen molar-refractivity contribution in [1.29, 1.82) is 0 Å². The van der Waals surface area contributed by atoms with Crippen molar-refractivity contribution >= 4 is 0 Å². The van der Waals surface area contributed by atoms with E-state index in [9.17, 15) is 0 Å². The van der Waals surface area contributed by atoms with E-state index in [1.165, 1.54) is 5.56 Å². The van der Waals surface area contributed by atoms with Crippen molar-refractivity contribution in [3.8, 4) is 0 Å². The van der Waals surface area contributed by atoms with E-state index >= 15 is 0 Å². The largest absolute Gasteiger partial charge is 0.354 e. The van der Waals surface area contributed by atoms with Gasteiger partial charge >= 0.3 is 0 Å². The molecule has 0 aromatic heterocycles. The first-order valence-electron chi connectivity index (χ1n) is 4.63. The predicted octanol–water partition coefficient (Wildman–Crippen LogP) is 1.18. The molecular weight excluding hydrogens is 178 g/mol. The van der Waals surface area contributed by atoms with Gasteiger partial charge in [-0.2, -0.15) is 0 Å². The normalized spacial score (nSPS) is 13.1. The maximum absolute atomic E-state index is 5.92. The number of rotatable bonds is 5. The molecule has 1 rings (SSSR count). The molecule has 0 bridgehead atoms. The molecular formula is C11H17NO2. The molecule has 1 aromatic carbocycles. The first-order chi connectivity index (χ1) is 6.77. The molecule has 3 heteroatoms. The number of ether oxygens (including phenoxy) is 2. The van der Waals surface area contributed by atoms with Gasteiger partial charge in [0.25, 0.3) is 0 Å². The van der Waals surface area contributed by atoms with E-state index in [4.69, 9.17) is 15.2 Å². The SMILES string of the molecule is COC(OC)C(N)Cc1ccccc1. The summed E-state index contributed by atoms with van der Waals surface area (Å²) in [6, 6.07) is 9.93. The monoisotopic (exact) mass is 195 g/mol. The summed E-state index contributed by atoms with van der Waals surface area (Å²) in [5.74, 6) is 0. The second-order valence-electron chi connectivity index (χ2n) is 3.19. The van der Waals surface area contributed by atoms with Gasteiger partial charge in [0.1, 0.15) is 0 Å². The molecule has 0 heterocycles. The Bertz CT molecular complexity index is 247. The van der Waals surface area contributed by atoms with Crippen LogP contribution >= 0.6 is 0 Å². The molecule has 0 saturated carbocycles. The van der Waals surface area contributed by atoms with Gasteiger partial charge in [-0.3, -0.25) is 0 Å². The van der Waals surface area contributed by atoms with Crippen LogP contribution in [0.5, 0.6) is 0 Å². The van der Waals surface area contributed by atoms with Crippen molar-refractivity contribution in [2.45, 2.75) is 18.8 Å². The molecule has 1 aromatic rings. The summed E-state index contributed by atoms with van der Waals surface area (Å²) in [6.45, 7) is 0. The highest BCUT2D eigenvalue weighted by molar-refractivity contribution is 5.15. The lowest BCUT2D eigenvalue weighted by atomic mass is 10.1. The van der Waals surface area contributed by atoms with E-state index in [1.807, 2.05) is 30.3 Å². The van der Waals surface area contributed by atoms with Gasteiger partial charge < -0.3 is 15.2 Å². The Balaban J connectivity index is 2.52. The standard InChI is InChI=1S/C11H17NO2/c1-13-11(14-2)10(12)8-9-6-4-3-5-7-9/h3-7,10-11H,8,12H2,1-2H3. The van der Waals surface area contributed by atoms with Gasteiger partial charge in [-0.15, -0.1) is 0 Å². The van der Waals surface area contributed by atoms with Crippen molar-refractivity contribution in [3.63, 3.8) is 0 Å². The van der Waals surface area contributed by atoms with Crippen LogP contribution in [0.4, 0.5) is 0 Å². The van der Waals surface area contributed by atoms with Gasteiger partial charge in [0.05, 0.1) is 6.04 Å². The van der Waals surface area contributed by atoms with E-state index in [2.05, 4.69) is 0 Å². The molecule has 0 aliphatic heterocycles. The zero-order chi connectivity index (χ0) is 10.4. The van der Waals surface area contributed by atoms with Crippen LogP contribution in [-0.4, -0.2) is 26.6 Å². The average molecular weight is 195 g/mol. The molecule has 1 atom stereocenters. The molecule has 0 aliphatic rings. The molecule has 0 aliphatic carbocycles. The Hall–Kier alpha value is -0.900. The zero-order valence-corrected chi connectivity index (χ0v) is 8.64. The Morgan fingerprint density at radius 2 is 1.71 bits per heavy atom. The van der Waals surface area contributed by atoms with E-state index in [-0.39, 0.29) is 12.3 Å². The minimum absolute atomic E-state index is 0.132. The highest BCUT2D eigenvalue weighted by Gasteiger charge is 2.16. The van der Waals surface area contributed by atoms with E-state index < -0.39 is 0 Å². The van der Waals surface area contributed by atoms with Crippen molar-refractivity contribution in [1.82, 2.24) is 0 Å². The minimum Gasteiger partial charge on any atom is -0.354 e. The van der Waals surface area contributed by atoms with Crippen LogP contribution < -0.4 is 5.73 Å². The van der Waals surface area contributed by atoms with E-state index in [0.29, 0.717) is 0 Å². The quantitative estimate of drug-likeness (QED) is 0.717. The first-order valence-corrected chi connectivity index (χ1v) is 4.63. The molecule has 0 radical (unpaired) electrons. The van der Waals surface area contributed by atoms with Gasteiger partial charge in [0.15, 0.2) is 6.29 Å². The minimum atomic E-state index is -0.338. The van der Waals surface area contributed by atoms with Crippen LogP contribution in [0.1, 0.15) is 5.56 Å². The third-order valence-electron chi connectivity index (χ3n) is 2.13. The zero-order valence-electron chi connectivity index (χ0n) is 8.64. The van der Waals surface area contributed by atoms with Gasteiger partial charge in [-0.05, 0) is 12.0 Å². The molecule has 0 amide bonds. The van der Waals surface area contributed by atoms with Gasteiger partial charge in [-0.1, -0.05) is 30.3 Å². The number of benzene rings is 1. The van der Waals surface area contributed by atoms with Gasteiger partial charge in [0, 0.05) is 14.2 Å². The van der Waals surface area contributed by atoms with Crippen LogP contribution in [0.3, 0.4) is 0 Å². The summed E-state index contributed by atoms with van der Waals surface area (Å²) < 4.78 is 10.2. The van der Waals surface area contributed by atoms with Crippen LogP contribution in [0.25, 0.3) is 0 Å². The van der Waals surface area contributed by atoms with Crippen LogP contribution in [0.15, 0.2) is 30.3 Å². The topological polar surface area (TPSA) is 44.5 Å². The summed E-state index contributed by atoms with van der Waals surface area (Å²) in [4.78, 5) is 0. The van der Waals surface area contributed by atoms with E-state index in [0.717, 1.165) is 6.42 Å². The second-order valence-corrected chi connectivity index (χ2v) is 3.19. The molecule has 14 heavy (non-hydrogen) atoms. The van der Waals surface area contributed by atoms with Crippen molar-refractivity contribution in [2.75, 3.05) is 14.2 Å². The highest BCUT2D eigenvalue weighted by atomic mass is 16.7. The predicted molar refractivity (Wildman–Crippen MR) is 55.9 cm³/mol. The Morgan fingerprint density at radius 1 is 1.14 bits per heavy atom. The highest BCUT2D eigenvalue weighted by Crippen LogP contribution is 2.06. The maximum Gasteiger partial charge on any atom is 0.172 e. The number of nitrogens with two attached hydrogens (primary N) is 1. The fourth-order valence-corrected chi connectivity index (χ4v) is 1.43. The van der Waals surface area contributed by atoms with Gasteiger partial charge in [-0.25, -0.2) is 0 Å². The first kappa shape index (κ1) is 11.2. The summed E-state index contributed by atoms with van der Waals surface area (Å²) >= 11 is 0. The fourth-order valence-electron chi connectivity index (χ4n) is 1.43. The summed E-state index contributed by atoms with van der Waals surface area (Å²) in [6.07, 6.45) is 0.419. The van der Waals surface area contributed by atoms with Gasteiger partial charge in [0.2, 0.25) is 0 Å². The average Bonchev–Trinajstić information content (AvgIpc) is 2.21. The molecule has 0 saturated heterocycles. The van der Waals surface area contributed by atoms with E-state index in [1.54, 1.807) is 14.2 Å². The molecule has 2 N–H and O–H groups in total. The van der Waals surface area contributed by atoms with Crippen LogP contribution in [0, 0.1) is 0 Å². The summed E-state index contributed by atoms with van der Waals surface area (Å²) in [5.41, 5.74) is 7.11. The number of methoxy groups -OCH3 is 2. The second kappa shape index (κ2) is 5.75. The third-order valence-corrected chi connectivity index (χ3v) is 2.13. The lowest BCUT2D eigenvalue weighted by molar-refractivity contribution is -0.115. The summed E-state index contributed by atoms with van der Waals surface area (Å²) in [5, 5.41) is 0. The van der Waals surface area contributed by atoms with Crippen LogP contribution in [0.2, 0.25) is 0 Å². The summed E-state index contributed by atoms with van der Waals surface area (Å²) in [7, 11) is 3.19. The van der Waals surface area contributed by atoms with Crippen molar-refractivity contribution in [2.24, 2.45) is 5.73 Å². The number of hydrogen-bond acceptors (Lipinski definition) is 3. The molecule has 0 fully saturated rings. The molecule has 0 spiro atoms. The molecule has 78 valence electrons. The Kier molecular flexibility index (Phi) is 4.59. The Morgan fingerprint density at radius 3 is 2.21 bits per heavy atom. The lowest BCUT2D eigenvalue weighted by Crippen LogP contribution is -2.39. The molecule has 1 unspecified atom stereocenters. The van der Waals surface area contributed by atoms with Crippen molar-refractivity contribution < 1.29 is 9.47 Å². The van der Waals surface area contributed by atoms with Crippen molar-refractivity contribution in [3.05, 3.63) is 35.9 Å². The fraction of sp³-hybridized carbons (Fsp3) is 0.455. The Labute approximate surface area is 84.8 Å².